The van der Waals surface area contributed by atoms with Crippen molar-refractivity contribution in [2.45, 2.75) is 52.9 Å². The van der Waals surface area contributed by atoms with Crippen LogP contribution in [0.4, 0.5) is 0 Å². The first-order valence-corrected chi connectivity index (χ1v) is 6.51. The number of ketones is 1. The second kappa shape index (κ2) is 8.15. The van der Waals surface area contributed by atoms with Crippen LogP contribution in [0.2, 0.25) is 0 Å². The van der Waals surface area contributed by atoms with E-state index in [1.54, 1.807) is 0 Å². The maximum atomic E-state index is 11.6. The van der Waals surface area contributed by atoms with Gasteiger partial charge in [0.05, 0.1) is 5.82 Å². The summed E-state index contributed by atoms with van der Waals surface area (Å²) in [5.41, 5.74) is -0.175. The highest BCUT2D eigenvalue weighted by atomic mass is 16.1. The molecule has 0 rings (SSSR count). The van der Waals surface area contributed by atoms with Gasteiger partial charge in [-0.25, -0.2) is 0 Å². The summed E-state index contributed by atoms with van der Waals surface area (Å²) < 4.78 is 0. The van der Waals surface area contributed by atoms with E-state index in [1.165, 1.54) is 6.42 Å². The number of hydrogen-bond acceptors (Lipinski definition) is 3. The molecule has 3 heteroatoms. The molecule has 0 unspecified atom stereocenters. The molecular formula is C14H28N2O. The molecule has 0 atom stereocenters. The van der Waals surface area contributed by atoms with Crippen LogP contribution in [0.25, 0.3) is 0 Å². The molecule has 0 aliphatic carbocycles. The van der Waals surface area contributed by atoms with Crippen LogP contribution < -0.4 is 10.6 Å². The Morgan fingerprint density at radius 2 is 1.71 bits per heavy atom. The third-order valence-electron chi connectivity index (χ3n) is 2.81. The molecule has 0 heterocycles. The van der Waals surface area contributed by atoms with Gasteiger partial charge in [-0.15, -0.1) is 0 Å². The molecule has 0 saturated heterocycles. The van der Waals surface area contributed by atoms with E-state index in [0.29, 0.717) is 5.78 Å². The van der Waals surface area contributed by atoms with E-state index in [9.17, 15) is 4.79 Å². The normalized spacial score (nSPS) is 11.1. The Labute approximate surface area is 106 Å². The third-order valence-corrected chi connectivity index (χ3v) is 2.81. The lowest BCUT2D eigenvalue weighted by molar-refractivity contribution is -0.126. The Morgan fingerprint density at radius 1 is 1.12 bits per heavy atom. The summed E-state index contributed by atoms with van der Waals surface area (Å²) in [5.74, 6) is 1.24. The van der Waals surface area contributed by atoms with Gasteiger partial charge in [-0.3, -0.25) is 4.79 Å². The lowest BCUT2D eigenvalue weighted by Gasteiger charge is -2.16. The van der Waals surface area contributed by atoms with Crippen LogP contribution in [0.3, 0.4) is 0 Å². The standard InChI is InChI=1S/C14H28N2O/c1-12(15-5)16-11-9-7-6-8-10-13(17)14(2,3)4/h15-16H,1,6-11H2,2-5H3. The zero-order chi connectivity index (χ0) is 13.3. The fraction of sp³-hybridized carbons (Fsp3) is 0.786. The van der Waals surface area contributed by atoms with Crippen molar-refractivity contribution in [1.82, 2.24) is 10.6 Å². The predicted octanol–water partition coefficient (Wildman–Crippen LogP) is 2.83. The quantitative estimate of drug-likeness (QED) is 0.609. The van der Waals surface area contributed by atoms with Gasteiger partial charge in [0, 0.05) is 25.4 Å². The molecule has 0 fully saturated rings. The lowest BCUT2D eigenvalue weighted by atomic mass is 9.88. The summed E-state index contributed by atoms with van der Waals surface area (Å²) >= 11 is 0. The first-order valence-electron chi connectivity index (χ1n) is 6.51. The van der Waals surface area contributed by atoms with Gasteiger partial charge in [-0.2, -0.15) is 0 Å². The molecule has 0 bridgehead atoms. The molecule has 100 valence electrons. The minimum atomic E-state index is -0.175. The number of unbranched alkanes of at least 4 members (excludes halogenated alkanes) is 3. The second-order valence-corrected chi connectivity index (χ2v) is 5.49. The van der Waals surface area contributed by atoms with E-state index in [2.05, 4.69) is 17.2 Å². The molecule has 0 radical (unpaired) electrons. The van der Waals surface area contributed by atoms with Gasteiger partial charge >= 0.3 is 0 Å². The Hall–Kier alpha value is -0.990. The van der Waals surface area contributed by atoms with E-state index in [0.717, 1.165) is 38.0 Å². The van der Waals surface area contributed by atoms with Crippen molar-refractivity contribution in [3.8, 4) is 0 Å². The average Bonchev–Trinajstić information content (AvgIpc) is 2.25. The van der Waals surface area contributed by atoms with Gasteiger partial charge in [-0.05, 0) is 12.8 Å². The van der Waals surface area contributed by atoms with Crippen molar-refractivity contribution in [3.63, 3.8) is 0 Å². The van der Waals surface area contributed by atoms with Crippen LogP contribution in [-0.2, 0) is 4.79 Å². The summed E-state index contributed by atoms with van der Waals surface area (Å²) in [7, 11) is 1.85. The largest absolute Gasteiger partial charge is 0.375 e. The molecule has 0 amide bonds. The molecule has 2 N–H and O–H groups in total. The van der Waals surface area contributed by atoms with E-state index in [4.69, 9.17) is 0 Å². The molecule has 0 aliphatic rings. The lowest BCUT2D eigenvalue weighted by Crippen LogP contribution is -2.23. The molecule has 0 aromatic rings. The zero-order valence-corrected chi connectivity index (χ0v) is 11.9. The SMILES string of the molecule is C=C(NC)NCCCCCCC(=O)C(C)(C)C. The molecule has 0 saturated carbocycles. The Morgan fingerprint density at radius 3 is 2.24 bits per heavy atom. The van der Waals surface area contributed by atoms with Crippen molar-refractivity contribution in [3.05, 3.63) is 12.4 Å². The van der Waals surface area contributed by atoms with Crippen LogP contribution in [0.5, 0.6) is 0 Å². The molecular weight excluding hydrogens is 212 g/mol. The fourth-order valence-electron chi connectivity index (χ4n) is 1.47. The van der Waals surface area contributed by atoms with Crippen LogP contribution in [0, 0.1) is 5.41 Å². The fourth-order valence-corrected chi connectivity index (χ4v) is 1.47. The zero-order valence-electron chi connectivity index (χ0n) is 11.9. The number of carbonyl (C=O) groups excluding carboxylic acids is 1. The third kappa shape index (κ3) is 8.78. The molecule has 0 aromatic carbocycles. The highest BCUT2D eigenvalue weighted by molar-refractivity contribution is 5.83. The first kappa shape index (κ1) is 16.0. The summed E-state index contributed by atoms with van der Waals surface area (Å²) in [6.45, 7) is 10.7. The van der Waals surface area contributed by atoms with E-state index in [1.807, 2.05) is 27.8 Å². The Balaban J connectivity index is 3.36. The smallest absolute Gasteiger partial charge is 0.138 e. The van der Waals surface area contributed by atoms with Crippen molar-refractivity contribution in [1.29, 1.82) is 0 Å². The van der Waals surface area contributed by atoms with Crippen molar-refractivity contribution in [2.24, 2.45) is 5.41 Å². The maximum absolute atomic E-state index is 11.6. The van der Waals surface area contributed by atoms with Gasteiger partial charge < -0.3 is 10.6 Å². The number of carbonyl (C=O) groups is 1. The second-order valence-electron chi connectivity index (χ2n) is 5.49. The van der Waals surface area contributed by atoms with Crippen molar-refractivity contribution in [2.75, 3.05) is 13.6 Å². The number of hydrogen-bond donors (Lipinski definition) is 2. The van der Waals surface area contributed by atoms with Gasteiger partial charge in [0.15, 0.2) is 0 Å². The Bertz CT molecular complexity index is 241. The van der Waals surface area contributed by atoms with Crippen LogP contribution in [0.15, 0.2) is 12.4 Å². The summed E-state index contributed by atoms with van der Waals surface area (Å²) in [6.07, 6.45) is 5.17. The molecule has 3 nitrogen and oxygen atoms in total. The van der Waals surface area contributed by atoms with Gasteiger partial charge in [0.2, 0.25) is 0 Å². The van der Waals surface area contributed by atoms with E-state index >= 15 is 0 Å². The van der Waals surface area contributed by atoms with Crippen LogP contribution in [0.1, 0.15) is 52.9 Å². The summed E-state index contributed by atoms with van der Waals surface area (Å²) in [4.78, 5) is 11.6. The molecule has 0 aliphatic heterocycles. The first-order chi connectivity index (χ1) is 7.88. The molecule has 0 spiro atoms. The summed E-state index contributed by atoms with van der Waals surface area (Å²) in [5, 5.41) is 6.13. The summed E-state index contributed by atoms with van der Waals surface area (Å²) in [6, 6.07) is 0. The highest BCUT2D eigenvalue weighted by Gasteiger charge is 2.19. The van der Waals surface area contributed by atoms with Gasteiger partial charge in [0.25, 0.3) is 0 Å². The van der Waals surface area contributed by atoms with Crippen molar-refractivity contribution < 1.29 is 4.79 Å². The topological polar surface area (TPSA) is 41.1 Å². The number of nitrogens with one attached hydrogen (secondary N) is 2. The Kier molecular flexibility index (Phi) is 7.68. The number of rotatable bonds is 9. The van der Waals surface area contributed by atoms with E-state index < -0.39 is 0 Å². The molecule has 0 aromatic heterocycles. The average molecular weight is 240 g/mol. The van der Waals surface area contributed by atoms with Gasteiger partial charge in [0.1, 0.15) is 5.78 Å². The van der Waals surface area contributed by atoms with Gasteiger partial charge in [-0.1, -0.05) is 40.2 Å². The minimum Gasteiger partial charge on any atom is -0.375 e. The maximum Gasteiger partial charge on any atom is 0.138 e. The van der Waals surface area contributed by atoms with Crippen LogP contribution >= 0.6 is 0 Å². The monoisotopic (exact) mass is 240 g/mol. The highest BCUT2D eigenvalue weighted by Crippen LogP contribution is 2.18. The van der Waals surface area contributed by atoms with Crippen molar-refractivity contribution >= 4 is 5.78 Å². The van der Waals surface area contributed by atoms with E-state index in [-0.39, 0.29) is 5.41 Å². The van der Waals surface area contributed by atoms with Crippen LogP contribution in [-0.4, -0.2) is 19.4 Å². The minimum absolute atomic E-state index is 0.175. The predicted molar refractivity (Wildman–Crippen MR) is 73.7 cm³/mol. The molecule has 17 heavy (non-hydrogen) atoms. The number of Topliss-reactive ketones (excluding diaryl/α,β-unsaturated/α-hetero) is 1.